The first-order valence-electron chi connectivity index (χ1n) is 9.47. The lowest BCUT2D eigenvalue weighted by atomic mass is 10.1. The number of carbonyl (C=O) groups excluding carboxylic acids is 1. The Bertz CT molecular complexity index is 1130. The summed E-state index contributed by atoms with van der Waals surface area (Å²) in [7, 11) is 0. The van der Waals surface area contributed by atoms with Gasteiger partial charge in [0.1, 0.15) is 0 Å². The average Bonchev–Trinajstić information content (AvgIpc) is 3.18. The van der Waals surface area contributed by atoms with Gasteiger partial charge in [-0.3, -0.25) is 4.79 Å². The Kier molecular flexibility index (Phi) is 5.16. The molecule has 2 aromatic carbocycles. The van der Waals surface area contributed by atoms with E-state index in [1.54, 1.807) is 6.07 Å². The third-order valence-corrected chi connectivity index (χ3v) is 4.66. The van der Waals surface area contributed by atoms with Gasteiger partial charge in [-0.15, -0.1) is 0 Å². The number of nitrogens with two attached hydrogens (primary N) is 1. The van der Waals surface area contributed by atoms with Gasteiger partial charge >= 0.3 is 0 Å². The molecule has 0 radical (unpaired) electrons. The molecule has 0 fully saturated rings. The number of amides is 1. The molecule has 3 N–H and O–H groups in total. The molecule has 0 unspecified atom stereocenters. The van der Waals surface area contributed by atoms with Gasteiger partial charge in [0.15, 0.2) is 18.0 Å². The van der Waals surface area contributed by atoms with E-state index in [1.165, 1.54) is 5.56 Å². The van der Waals surface area contributed by atoms with Gasteiger partial charge in [0.05, 0.1) is 5.69 Å². The summed E-state index contributed by atoms with van der Waals surface area (Å²) in [4.78, 5) is 16.9. The lowest BCUT2D eigenvalue weighted by Gasteiger charge is -2.08. The Morgan fingerprint density at radius 2 is 1.86 bits per heavy atom. The first kappa shape index (κ1) is 18.6. The zero-order valence-electron chi connectivity index (χ0n) is 16.1. The molecule has 0 spiro atoms. The van der Waals surface area contributed by atoms with Crippen LogP contribution in [0.3, 0.4) is 0 Å². The number of hydrogen-bond donors (Lipinski definition) is 2. The number of anilines is 2. The number of benzene rings is 2. The van der Waals surface area contributed by atoms with E-state index in [2.05, 4.69) is 17.2 Å². The van der Waals surface area contributed by atoms with E-state index in [0.717, 1.165) is 23.4 Å². The van der Waals surface area contributed by atoms with E-state index in [9.17, 15) is 4.79 Å². The largest absolute Gasteiger partial charge is 0.480 e. The number of nitrogens with one attached hydrogen (secondary N) is 1. The summed E-state index contributed by atoms with van der Waals surface area (Å²) >= 11 is 0. The fourth-order valence-electron chi connectivity index (χ4n) is 3.06. The van der Waals surface area contributed by atoms with Crippen LogP contribution in [0.5, 0.6) is 5.75 Å². The lowest BCUT2D eigenvalue weighted by Crippen LogP contribution is -2.20. The van der Waals surface area contributed by atoms with Crippen molar-refractivity contribution in [1.29, 1.82) is 0 Å². The molecule has 2 heterocycles. The molecule has 0 saturated carbocycles. The van der Waals surface area contributed by atoms with E-state index in [1.807, 2.05) is 71.4 Å². The Labute approximate surface area is 169 Å². The molecule has 0 bridgehead atoms. The van der Waals surface area contributed by atoms with E-state index in [0.29, 0.717) is 17.1 Å². The SMILES string of the molecule is CCc1ccc(NC(=O)COc2cccn3cc(-c4ccc(N)cc4)nc23)cc1. The van der Waals surface area contributed by atoms with E-state index < -0.39 is 0 Å². The highest BCUT2D eigenvalue weighted by Gasteiger charge is 2.11. The molecule has 2 aromatic heterocycles. The van der Waals surface area contributed by atoms with Crippen molar-refractivity contribution in [3.8, 4) is 17.0 Å². The van der Waals surface area contributed by atoms with Gasteiger partial charge < -0.3 is 20.2 Å². The average molecular weight is 386 g/mol. The second-order valence-electron chi connectivity index (χ2n) is 6.74. The fraction of sp³-hybridized carbons (Fsp3) is 0.130. The van der Waals surface area contributed by atoms with Crippen molar-refractivity contribution in [2.45, 2.75) is 13.3 Å². The Morgan fingerprint density at radius 1 is 1.10 bits per heavy atom. The number of carbonyl (C=O) groups is 1. The highest BCUT2D eigenvalue weighted by atomic mass is 16.5. The second-order valence-corrected chi connectivity index (χ2v) is 6.74. The van der Waals surface area contributed by atoms with Gasteiger partial charge in [0, 0.05) is 29.3 Å². The van der Waals surface area contributed by atoms with Gasteiger partial charge in [-0.1, -0.05) is 31.2 Å². The van der Waals surface area contributed by atoms with Crippen molar-refractivity contribution < 1.29 is 9.53 Å². The number of nitrogen functional groups attached to an aromatic ring is 1. The van der Waals surface area contributed by atoms with Crippen molar-refractivity contribution in [3.05, 3.63) is 78.6 Å². The molecule has 0 saturated heterocycles. The van der Waals surface area contributed by atoms with Gasteiger partial charge in [-0.25, -0.2) is 4.98 Å². The van der Waals surface area contributed by atoms with E-state index >= 15 is 0 Å². The number of aryl methyl sites for hydroxylation is 1. The van der Waals surface area contributed by atoms with Gasteiger partial charge in [0.25, 0.3) is 5.91 Å². The molecule has 0 aliphatic carbocycles. The lowest BCUT2D eigenvalue weighted by molar-refractivity contribution is -0.118. The van der Waals surface area contributed by atoms with Crippen LogP contribution < -0.4 is 15.8 Å². The van der Waals surface area contributed by atoms with Crippen LogP contribution in [0.15, 0.2) is 73.1 Å². The van der Waals surface area contributed by atoms with Crippen molar-refractivity contribution in [1.82, 2.24) is 9.38 Å². The Hall–Kier alpha value is -3.80. The van der Waals surface area contributed by atoms with Crippen molar-refractivity contribution in [2.24, 2.45) is 0 Å². The van der Waals surface area contributed by atoms with Gasteiger partial charge in [-0.2, -0.15) is 0 Å². The van der Waals surface area contributed by atoms with Crippen LogP contribution in [0.1, 0.15) is 12.5 Å². The van der Waals surface area contributed by atoms with E-state index in [-0.39, 0.29) is 12.5 Å². The molecule has 1 amide bonds. The maximum atomic E-state index is 12.3. The molecule has 0 aliphatic rings. The van der Waals surface area contributed by atoms with Crippen LogP contribution in [0.2, 0.25) is 0 Å². The Morgan fingerprint density at radius 3 is 2.59 bits per heavy atom. The van der Waals surface area contributed by atoms with Crippen LogP contribution in [0, 0.1) is 0 Å². The van der Waals surface area contributed by atoms with Crippen molar-refractivity contribution in [2.75, 3.05) is 17.7 Å². The zero-order valence-corrected chi connectivity index (χ0v) is 16.1. The predicted molar refractivity (Wildman–Crippen MR) is 115 cm³/mol. The monoisotopic (exact) mass is 386 g/mol. The van der Waals surface area contributed by atoms with Crippen molar-refractivity contribution in [3.63, 3.8) is 0 Å². The minimum absolute atomic E-state index is 0.0979. The summed E-state index contributed by atoms with van der Waals surface area (Å²) < 4.78 is 7.63. The third-order valence-electron chi connectivity index (χ3n) is 4.66. The number of aromatic nitrogens is 2. The molecule has 0 atom stereocenters. The topological polar surface area (TPSA) is 81.6 Å². The third kappa shape index (κ3) is 4.21. The van der Waals surface area contributed by atoms with Crippen LogP contribution in [-0.4, -0.2) is 21.9 Å². The Balaban J connectivity index is 1.47. The number of pyridine rings is 1. The maximum absolute atomic E-state index is 12.3. The summed E-state index contributed by atoms with van der Waals surface area (Å²) in [6, 6.07) is 19.0. The summed E-state index contributed by atoms with van der Waals surface area (Å²) in [5.41, 5.74) is 10.9. The smallest absolute Gasteiger partial charge is 0.262 e. The number of ether oxygens (including phenoxy) is 1. The highest BCUT2D eigenvalue weighted by molar-refractivity contribution is 5.92. The molecule has 6 nitrogen and oxygen atoms in total. The second kappa shape index (κ2) is 8.06. The first-order valence-corrected chi connectivity index (χ1v) is 9.47. The first-order chi connectivity index (χ1) is 14.1. The number of nitrogens with zero attached hydrogens (tertiary/aromatic N) is 2. The maximum Gasteiger partial charge on any atom is 0.262 e. The minimum atomic E-state index is -0.221. The van der Waals surface area contributed by atoms with Crippen LogP contribution in [-0.2, 0) is 11.2 Å². The number of rotatable bonds is 6. The van der Waals surface area contributed by atoms with Crippen LogP contribution >= 0.6 is 0 Å². The summed E-state index contributed by atoms with van der Waals surface area (Å²) in [6.45, 7) is 2.00. The molecule has 6 heteroatoms. The number of hydrogen-bond acceptors (Lipinski definition) is 4. The molecule has 29 heavy (non-hydrogen) atoms. The van der Waals surface area contributed by atoms with Gasteiger partial charge in [-0.05, 0) is 48.4 Å². The summed E-state index contributed by atoms with van der Waals surface area (Å²) in [5, 5.41) is 2.84. The molecule has 4 aromatic rings. The minimum Gasteiger partial charge on any atom is -0.480 e. The van der Waals surface area contributed by atoms with Gasteiger partial charge in [0.2, 0.25) is 0 Å². The molecular weight excluding hydrogens is 364 g/mol. The predicted octanol–water partition coefficient (Wildman–Crippen LogP) is 4.16. The molecule has 0 aliphatic heterocycles. The standard InChI is InChI=1S/C23H22N4O2/c1-2-16-5-11-19(12-6-16)25-22(28)15-29-21-4-3-13-27-14-20(26-23(21)27)17-7-9-18(24)10-8-17/h3-14H,2,15,24H2,1H3,(H,25,28). The fourth-order valence-corrected chi connectivity index (χ4v) is 3.06. The number of imidazole rings is 1. The summed E-state index contributed by atoms with van der Waals surface area (Å²) in [5.74, 6) is 0.326. The summed E-state index contributed by atoms with van der Waals surface area (Å²) in [6.07, 6.45) is 4.78. The molecular formula is C23H22N4O2. The van der Waals surface area contributed by atoms with Crippen LogP contribution in [0.4, 0.5) is 11.4 Å². The quantitative estimate of drug-likeness (QED) is 0.488. The number of fused-ring (bicyclic) bond motifs is 1. The highest BCUT2D eigenvalue weighted by Crippen LogP contribution is 2.25. The molecule has 4 rings (SSSR count). The zero-order chi connectivity index (χ0) is 20.2. The normalized spacial score (nSPS) is 10.8. The van der Waals surface area contributed by atoms with Crippen LogP contribution in [0.25, 0.3) is 16.9 Å². The molecule has 146 valence electrons. The van der Waals surface area contributed by atoms with Crippen molar-refractivity contribution >= 4 is 22.9 Å². The van der Waals surface area contributed by atoms with E-state index in [4.69, 9.17) is 10.5 Å².